The molecule has 0 unspecified atom stereocenters. The zero-order valence-electron chi connectivity index (χ0n) is 9.09. The van der Waals surface area contributed by atoms with Crippen molar-refractivity contribution in [2.24, 2.45) is 0 Å². The van der Waals surface area contributed by atoms with E-state index in [0.717, 1.165) is 12.8 Å². The molecule has 0 N–H and O–H groups in total. The predicted octanol–water partition coefficient (Wildman–Crippen LogP) is 2.23. The van der Waals surface area contributed by atoms with Crippen LogP contribution in [0.1, 0.15) is 25.0 Å². The van der Waals surface area contributed by atoms with E-state index in [0.29, 0.717) is 0 Å². The van der Waals surface area contributed by atoms with Crippen molar-refractivity contribution in [2.45, 2.75) is 26.7 Å². The molecule has 0 bridgehead atoms. The van der Waals surface area contributed by atoms with Gasteiger partial charge in [0.25, 0.3) is 0 Å². The van der Waals surface area contributed by atoms with Crippen molar-refractivity contribution >= 4 is 24.5 Å². The fraction of sp³-hybridized carbons (Fsp3) is 0.500. The summed E-state index contributed by atoms with van der Waals surface area (Å²) in [7, 11) is 4.21. The molecule has 0 aliphatic heterocycles. The molecule has 0 atom stereocenters. The number of rotatable bonds is 3. The van der Waals surface area contributed by atoms with Gasteiger partial charge in [-0.25, -0.2) is 0 Å². The summed E-state index contributed by atoms with van der Waals surface area (Å²) in [5, 5.41) is 0. The third kappa shape index (κ3) is 2.80. The van der Waals surface area contributed by atoms with Gasteiger partial charge in [-0.15, -0.1) is 0 Å². The van der Waals surface area contributed by atoms with Gasteiger partial charge in [-0.2, -0.15) is 0 Å². The molecule has 0 aliphatic carbocycles. The SMILES string of the molecule is CCc1cccc(N(C)C)c1CC.[LiH]. The summed E-state index contributed by atoms with van der Waals surface area (Å²) >= 11 is 0. The second kappa shape index (κ2) is 6.17. The van der Waals surface area contributed by atoms with E-state index < -0.39 is 0 Å². The van der Waals surface area contributed by atoms with Crippen LogP contribution in [0.4, 0.5) is 5.69 Å². The summed E-state index contributed by atoms with van der Waals surface area (Å²) in [6, 6.07) is 6.57. The normalized spacial score (nSPS) is 9.43. The van der Waals surface area contributed by atoms with Gasteiger partial charge in [0, 0.05) is 19.8 Å². The minimum atomic E-state index is 0. The van der Waals surface area contributed by atoms with Crippen LogP contribution in [-0.4, -0.2) is 33.0 Å². The van der Waals surface area contributed by atoms with Gasteiger partial charge in [0.1, 0.15) is 0 Å². The van der Waals surface area contributed by atoms with Crippen LogP contribution < -0.4 is 4.90 Å². The van der Waals surface area contributed by atoms with E-state index in [-0.39, 0.29) is 18.9 Å². The summed E-state index contributed by atoms with van der Waals surface area (Å²) in [6.45, 7) is 4.44. The van der Waals surface area contributed by atoms with Gasteiger partial charge in [-0.1, -0.05) is 26.0 Å². The summed E-state index contributed by atoms with van der Waals surface area (Å²) < 4.78 is 0. The summed E-state index contributed by atoms with van der Waals surface area (Å²) in [5.41, 5.74) is 4.34. The standard InChI is InChI=1S/C12H19N.Li.H/c1-5-10-8-7-9-12(13(3)4)11(10)6-2;;/h7-9H,5-6H2,1-4H3;;. The Labute approximate surface area is 99.7 Å². The molecule has 0 amide bonds. The molecule has 0 saturated carbocycles. The molecule has 0 aromatic heterocycles. The van der Waals surface area contributed by atoms with Crippen molar-refractivity contribution in [3.63, 3.8) is 0 Å². The van der Waals surface area contributed by atoms with E-state index in [1.165, 1.54) is 16.8 Å². The summed E-state index contributed by atoms with van der Waals surface area (Å²) in [6.07, 6.45) is 2.25. The van der Waals surface area contributed by atoms with E-state index >= 15 is 0 Å². The van der Waals surface area contributed by atoms with E-state index in [1.807, 2.05) is 0 Å². The molecule has 2 heteroatoms. The van der Waals surface area contributed by atoms with E-state index in [1.54, 1.807) is 0 Å². The Bertz CT molecular complexity index is 282. The summed E-state index contributed by atoms with van der Waals surface area (Å²) in [5.74, 6) is 0. The number of benzene rings is 1. The Morgan fingerprint density at radius 2 is 1.71 bits per heavy atom. The van der Waals surface area contributed by atoms with Crippen LogP contribution in [0, 0.1) is 0 Å². The zero-order chi connectivity index (χ0) is 9.84. The van der Waals surface area contributed by atoms with Crippen molar-refractivity contribution in [2.75, 3.05) is 19.0 Å². The first-order valence-corrected chi connectivity index (χ1v) is 4.98. The molecule has 0 spiro atoms. The Balaban J connectivity index is 0.00000169. The maximum absolute atomic E-state index is 2.23. The van der Waals surface area contributed by atoms with Gasteiger partial charge in [0.15, 0.2) is 0 Å². The third-order valence-electron chi connectivity index (χ3n) is 2.46. The van der Waals surface area contributed by atoms with Crippen molar-refractivity contribution in [1.82, 2.24) is 0 Å². The predicted molar refractivity (Wildman–Crippen MR) is 66.7 cm³/mol. The first-order valence-electron chi connectivity index (χ1n) is 4.98. The van der Waals surface area contributed by atoms with Gasteiger partial charge in [0.05, 0.1) is 0 Å². The average molecular weight is 185 g/mol. The second-order valence-corrected chi connectivity index (χ2v) is 3.52. The molecule has 0 radical (unpaired) electrons. The molecule has 1 nitrogen and oxygen atoms in total. The molecular formula is C12H20LiN. The van der Waals surface area contributed by atoms with Gasteiger partial charge >= 0.3 is 18.9 Å². The molecule has 0 saturated heterocycles. The average Bonchev–Trinajstić information content (AvgIpc) is 2.16. The molecular weight excluding hydrogens is 165 g/mol. The first kappa shape index (κ1) is 13.6. The monoisotopic (exact) mass is 185 g/mol. The van der Waals surface area contributed by atoms with Crippen molar-refractivity contribution in [3.8, 4) is 0 Å². The molecule has 0 fully saturated rings. The number of hydrogen-bond donors (Lipinski definition) is 0. The third-order valence-corrected chi connectivity index (χ3v) is 2.46. The molecule has 0 heterocycles. The number of nitrogens with zero attached hydrogens (tertiary/aromatic N) is 1. The number of aryl methyl sites for hydroxylation is 1. The van der Waals surface area contributed by atoms with Gasteiger partial charge in [-0.05, 0) is 30.0 Å². The maximum atomic E-state index is 2.23. The molecule has 0 aliphatic rings. The van der Waals surface area contributed by atoms with Crippen molar-refractivity contribution in [1.29, 1.82) is 0 Å². The summed E-state index contributed by atoms with van der Waals surface area (Å²) in [4.78, 5) is 2.19. The van der Waals surface area contributed by atoms with Crippen LogP contribution in [0.3, 0.4) is 0 Å². The Morgan fingerprint density at radius 3 is 2.14 bits per heavy atom. The number of hydrogen-bond acceptors (Lipinski definition) is 1. The van der Waals surface area contributed by atoms with Crippen LogP contribution in [0.25, 0.3) is 0 Å². The quantitative estimate of drug-likeness (QED) is 0.653. The molecule has 14 heavy (non-hydrogen) atoms. The topological polar surface area (TPSA) is 3.24 Å². The van der Waals surface area contributed by atoms with Crippen LogP contribution in [0.5, 0.6) is 0 Å². The van der Waals surface area contributed by atoms with Gasteiger partial charge in [0.2, 0.25) is 0 Å². The first-order chi connectivity index (χ1) is 6.20. The zero-order valence-corrected chi connectivity index (χ0v) is 9.09. The Kier molecular flexibility index (Phi) is 6.00. The Hall–Kier alpha value is -0.383. The Morgan fingerprint density at radius 1 is 1.07 bits per heavy atom. The van der Waals surface area contributed by atoms with Crippen LogP contribution in [-0.2, 0) is 12.8 Å². The van der Waals surface area contributed by atoms with Gasteiger partial charge in [-0.3, -0.25) is 0 Å². The molecule has 74 valence electrons. The fourth-order valence-corrected chi connectivity index (χ4v) is 1.78. The molecule has 1 aromatic rings. The minimum absolute atomic E-state index is 0. The van der Waals surface area contributed by atoms with E-state index in [2.05, 4.69) is 51.0 Å². The second-order valence-electron chi connectivity index (χ2n) is 3.52. The van der Waals surface area contributed by atoms with Crippen LogP contribution >= 0.6 is 0 Å². The van der Waals surface area contributed by atoms with Gasteiger partial charge < -0.3 is 4.90 Å². The van der Waals surface area contributed by atoms with Crippen LogP contribution in [0.15, 0.2) is 18.2 Å². The molecule has 1 rings (SSSR count). The van der Waals surface area contributed by atoms with E-state index in [4.69, 9.17) is 0 Å². The van der Waals surface area contributed by atoms with Crippen molar-refractivity contribution in [3.05, 3.63) is 29.3 Å². The van der Waals surface area contributed by atoms with Crippen LogP contribution in [0.2, 0.25) is 0 Å². The fourth-order valence-electron chi connectivity index (χ4n) is 1.78. The molecule has 1 aromatic carbocycles. The number of anilines is 1. The van der Waals surface area contributed by atoms with Crippen molar-refractivity contribution < 1.29 is 0 Å². The van der Waals surface area contributed by atoms with E-state index in [9.17, 15) is 0 Å².